The fraction of sp³-hybridized carbons (Fsp3) is 0.400. The molecule has 1 aromatic rings. The van der Waals surface area contributed by atoms with Crippen LogP contribution in [0.5, 0.6) is 0 Å². The van der Waals surface area contributed by atoms with E-state index in [-0.39, 0.29) is 0 Å². The van der Waals surface area contributed by atoms with Gasteiger partial charge in [-0.3, -0.25) is 0 Å². The normalized spacial score (nSPS) is 28.2. The van der Waals surface area contributed by atoms with Crippen molar-refractivity contribution in [3.8, 4) is 0 Å². The highest BCUT2D eigenvalue weighted by Gasteiger charge is 2.28. The van der Waals surface area contributed by atoms with Gasteiger partial charge in [0, 0.05) is 11.1 Å². The molecule has 0 unspecified atom stereocenters. The number of nitrogens with two attached hydrogens (primary N) is 1. The lowest BCUT2D eigenvalue weighted by Crippen LogP contribution is -2.37. The molecule has 0 bridgehead atoms. The first kappa shape index (κ1) is 8.09. The Morgan fingerprint density at radius 1 is 1.17 bits per heavy atom. The van der Waals surface area contributed by atoms with Crippen LogP contribution in [0.25, 0.3) is 0 Å². The van der Waals surface area contributed by atoms with Crippen LogP contribution in [0.2, 0.25) is 5.02 Å². The van der Waals surface area contributed by atoms with E-state index >= 15 is 0 Å². The molecular formula is C10H12ClN. The van der Waals surface area contributed by atoms with Crippen LogP contribution in [0.3, 0.4) is 0 Å². The molecule has 2 atom stereocenters. The Hall–Kier alpha value is -0.530. The van der Waals surface area contributed by atoms with Gasteiger partial charge < -0.3 is 5.73 Å². The van der Waals surface area contributed by atoms with E-state index in [1.165, 1.54) is 12.0 Å². The van der Waals surface area contributed by atoms with Gasteiger partial charge in [0.1, 0.15) is 0 Å². The van der Waals surface area contributed by atoms with Crippen LogP contribution < -0.4 is 5.73 Å². The molecule has 1 aliphatic carbocycles. The Morgan fingerprint density at radius 3 is 2.25 bits per heavy atom. The van der Waals surface area contributed by atoms with Gasteiger partial charge in [-0.05, 0) is 36.5 Å². The average Bonchev–Trinajstić information content (AvgIpc) is 2.06. The van der Waals surface area contributed by atoms with E-state index in [1.807, 2.05) is 12.1 Å². The van der Waals surface area contributed by atoms with Crippen molar-refractivity contribution >= 4 is 11.6 Å². The predicted molar refractivity (Wildman–Crippen MR) is 51.4 cm³/mol. The fourth-order valence-electron chi connectivity index (χ4n) is 1.65. The molecule has 1 aromatic carbocycles. The summed E-state index contributed by atoms with van der Waals surface area (Å²) in [7, 11) is 0. The maximum atomic E-state index is 5.86. The molecule has 2 N–H and O–H groups in total. The summed E-state index contributed by atoms with van der Waals surface area (Å²) in [5.41, 5.74) is 7.19. The second kappa shape index (κ2) is 3.08. The summed E-state index contributed by atoms with van der Waals surface area (Å²) in [6.07, 6.45) is 2.39. The third-order valence-electron chi connectivity index (χ3n) is 2.63. The number of hydrogen-bond acceptors (Lipinski definition) is 1. The molecule has 1 nitrogen and oxygen atoms in total. The second-order valence-electron chi connectivity index (χ2n) is 3.40. The van der Waals surface area contributed by atoms with Gasteiger partial charge in [-0.15, -0.1) is 0 Å². The van der Waals surface area contributed by atoms with E-state index in [0.29, 0.717) is 12.0 Å². The van der Waals surface area contributed by atoms with Crippen molar-refractivity contribution in [2.45, 2.75) is 24.8 Å². The highest BCUT2D eigenvalue weighted by Crippen LogP contribution is 2.35. The van der Waals surface area contributed by atoms with Crippen molar-refractivity contribution in [1.82, 2.24) is 0 Å². The minimum Gasteiger partial charge on any atom is -0.327 e. The molecule has 0 radical (unpaired) electrons. The molecule has 0 heterocycles. The first-order chi connectivity index (χ1) is 5.77. The van der Waals surface area contributed by atoms with Crippen molar-refractivity contribution in [3.05, 3.63) is 34.9 Å². The summed E-state index contributed by atoms with van der Waals surface area (Å²) in [6, 6.07) is 8.38. The number of benzene rings is 1. The van der Waals surface area contributed by atoms with Gasteiger partial charge in [0.15, 0.2) is 0 Å². The van der Waals surface area contributed by atoms with Crippen LogP contribution in [0.15, 0.2) is 24.3 Å². The molecule has 0 spiro atoms. The average molecular weight is 182 g/mol. The lowest BCUT2D eigenvalue weighted by atomic mass is 9.76. The zero-order chi connectivity index (χ0) is 8.55. The van der Waals surface area contributed by atoms with Gasteiger partial charge in [-0.2, -0.15) is 0 Å². The predicted octanol–water partition coefficient (Wildman–Crippen LogP) is 2.54. The van der Waals surface area contributed by atoms with Crippen molar-refractivity contribution in [1.29, 1.82) is 0 Å². The second-order valence-corrected chi connectivity index (χ2v) is 3.84. The van der Waals surface area contributed by atoms with Gasteiger partial charge in [-0.1, -0.05) is 23.7 Å². The van der Waals surface area contributed by atoms with Gasteiger partial charge in [-0.25, -0.2) is 0 Å². The number of halogens is 1. The summed E-state index contributed by atoms with van der Waals surface area (Å²) < 4.78 is 0. The van der Waals surface area contributed by atoms with Crippen LogP contribution >= 0.6 is 11.6 Å². The largest absolute Gasteiger partial charge is 0.327 e. The van der Waals surface area contributed by atoms with Crippen LogP contribution in [0.4, 0.5) is 0 Å². The Bertz CT molecular complexity index is 268. The van der Waals surface area contributed by atoms with Crippen molar-refractivity contribution in [2.75, 3.05) is 0 Å². The zero-order valence-corrected chi connectivity index (χ0v) is 7.59. The molecule has 1 fully saturated rings. The summed E-state index contributed by atoms with van der Waals surface area (Å²) in [5.74, 6) is 0.572. The molecule has 0 aliphatic heterocycles. The van der Waals surface area contributed by atoms with Crippen LogP contribution in [-0.4, -0.2) is 6.04 Å². The molecule has 0 amide bonds. The van der Waals surface area contributed by atoms with Crippen molar-refractivity contribution < 1.29 is 0 Å². The smallest absolute Gasteiger partial charge is 0.0406 e. The topological polar surface area (TPSA) is 26.0 Å². The quantitative estimate of drug-likeness (QED) is 0.708. The Labute approximate surface area is 77.5 Å². The maximum absolute atomic E-state index is 5.86. The standard InChI is InChI=1S/C10H12ClN/c11-8-3-1-7(2-4-8)9-5-6-10(9)12/h1-4,9-10H,5-6,12H2/t9-,10-/m0/s1. The Kier molecular flexibility index (Phi) is 2.07. The summed E-state index contributed by atoms with van der Waals surface area (Å²) in [6.45, 7) is 0. The Morgan fingerprint density at radius 2 is 1.83 bits per heavy atom. The maximum Gasteiger partial charge on any atom is 0.0406 e. The third kappa shape index (κ3) is 1.35. The van der Waals surface area contributed by atoms with Crippen molar-refractivity contribution in [2.24, 2.45) is 5.73 Å². The lowest BCUT2D eigenvalue weighted by Gasteiger charge is -2.33. The van der Waals surface area contributed by atoms with Crippen LogP contribution in [0.1, 0.15) is 24.3 Å². The molecule has 0 aromatic heterocycles. The first-order valence-electron chi connectivity index (χ1n) is 4.28. The summed E-state index contributed by atoms with van der Waals surface area (Å²) in [4.78, 5) is 0. The van der Waals surface area contributed by atoms with E-state index in [2.05, 4.69) is 12.1 Å². The number of hydrogen-bond donors (Lipinski definition) is 1. The zero-order valence-electron chi connectivity index (χ0n) is 6.83. The van der Waals surface area contributed by atoms with Crippen LogP contribution in [0, 0.1) is 0 Å². The third-order valence-corrected chi connectivity index (χ3v) is 2.88. The Balaban J connectivity index is 2.18. The summed E-state index contributed by atoms with van der Waals surface area (Å²) in [5, 5.41) is 0.798. The van der Waals surface area contributed by atoms with Gasteiger partial charge in [0.2, 0.25) is 0 Å². The minimum atomic E-state index is 0.367. The first-order valence-corrected chi connectivity index (χ1v) is 4.66. The lowest BCUT2D eigenvalue weighted by molar-refractivity contribution is 0.347. The van der Waals surface area contributed by atoms with E-state index in [4.69, 9.17) is 17.3 Å². The highest BCUT2D eigenvalue weighted by atomic mass is 35.5. The molecule has 0 saturated heterocycles. The van der Waals surface area contributed by atoms with E-state index in [0.717, 1.165) is 11.4 Å². The monoisotopic (exact) mass is 181 g/mol. The summed E-state index contributed by atoms with van der Waals surface area (Å²) >= 11 is 5.78. The molecule has 1 saturated carbocycles. The molecule has 64 valence electrons. The highest BCUT2D eigenvalue weighted by molar-refractivity contribution is 6.30. The van der Waals surface area contributed by atoms with E-state index < -0.39 is 0 Å². The molecular weight excluding hydrogens is 170 g/mol. The van der Waals surface area contributed by atoms with Crippen molar-refractivity contribution in [3.63, 3.8) is 0 Å². The molecule has 2 rings (SSSR count). The molecule has 1 aliphatic rings. The van der Waals surface area contributed by atoms with Crippen LogP contribution in [-0.2, 0) is 0 Å². The SMILES string of the molecule is N[C@H]1CC[C@H]1c1ccc(Cl)cc1. The van der Waals surface area contributed by atoms with Gasteiger partial charge in [0.05, 0.1) is 0 Å². The van der Waals surface area contributed by atoms with E-state index in [1.54, 1.807) is 0 Å². The van der Waals surface area contributed by atoms with Gasteiger partial charge in [0.25, 0.3) is 0 Å². The molecule has 12 heavy (non-hydrogen) atoms. The minimum absolute atomic E-state index is 0.367. The molecule has 2 heteroatoms. The van der Waals surface area contributed by atoms with Gasteiger partial charge >= 0.3 is 0 Å². The fourth-order valence-corrected chi connectivity index (χ4v) is 1.78. The number of rotatable bonds is 1. The van der Waals surface area contributed by atoms with E-state index in [9.17, 15) is 0 Å².